The molecule has 0 heterocycles. The molecular formula is C30H36N2O3. The molecule has 0 aromatic heterocycles. The third-order valence-electron chi connectivity index (χ3n) is 6.46. The van der Waals surface area contributed by atoms with Crippen LogP contribution in [0.2, 0.25) is 0 Å². The minimum absolute atomic E-state index is 0.0456. The van der Waals surface area contributed by atoms with Gasteiger partial charge in [-0.25, -0.2) is 0 Å². The first-order chi connectivity index (χ1) is 16.9. The first kappa shape index (κ1) is 26.0. The van der Waals surface area contributed by atoms with Crippen LogP contribution in [-0.4, -0.2) is 35.9 Å². The maximum atomic E-state index is 13.9. The van der Waals surface area contributed by atoms with E-state index in [2.05, 4.69) is 29.6 Å². The lowest BCUT2D eigenvalue weighted by Gasteiger charge is -2.31. The molecule has 184 valence electrons. The molecule has 0 aliphatic rings. The van der Waals surface area contributed by atoms with E-state index in [1.165, 1.54) is 0 Å². The Bertz CT molecular complexity index is 1030. The van der Waals surface area contributed by atoms with Crippen LogP contribution in [-0.2, 0) is 16.1 Å². The SMILES string of the molecule is CC[C@@H](C)NC(=O)[C@@H](C)N(Cc1ccc(OC)cc1)C(=O)CC(c1ccccc1)c1ccccc1. The highest BCUT2D eigenvalue weighted by Crippen LogP contribution is 2.29. The normalized spacial score (nSPS) is 12.6. The van der Waals surface area contributed by atoms with Gasteiger partial charge in [0.1, 0.15) is 11.8 Å². The second-order valence-electron chi connectivity index (χ2n) is 8.94. The molecule has 5 nitrogen and oxygen atoms in total. The van der Waals surface area contributed by atoms with Gasteiger partial charge in [-0.1, -0.05) is 79.7 Å². The van der Waals surface area contributed by atoms with Gasteiger partial charge in [0.15, 0.2) is 0 Å². The molecule has 0 aliphatic heterocycles. The van der Waals surface area contributed by atoms with Crippen LogP contribution in [0.4, 0.5) is 0 Å². The molecule has 0 saturated carbocycles. The van der Waals surface area contributed by atoms with E-state index in [1.807, 2.05) is 74.5 Å². The fourth-order valence-corrected chi connectivity index (χ4v) is 4.07. The molecular weight excluding hydrogens is 436 g/mol. The molecule has 0 aliphatic carbocycles. The highest BCUT2D eigenvalue weighted by molar-refractivity contribution is 5.88. The summed E-state index contributed by atoms with van der Waals surface area (Å²) in [5.74, 6) is 0.443. The van der Waals surface area contributed by atoms with Crippen LogP contribution in [0.1, 0.15) is 56.2 Å². The Morgan fingerprint density at radius 1 is 0.857 bits per heavy atom. The van der Waals surface area contributed by atoms with Crippen LogP contribution in [0.5, 0.6) is 5.75 Å². The summed E-state index contributed by atoms with van der Waals surface area (Å²) in [5, 5.41) is 3.03. The molecule has 35 heavy (non-hydrogen) atoms. The number of methoxy groups -OCH3 is 1. The standard InChI is InChI=1S/C30H36N2O3/c1-5-22(2)31-30(34)23(3)32(21-24-16-18-27(35-4)19-17-24)29(33)20-28(25-12-8-6-9-13-25)26-14-10-7-11-15-26/h6-19,22-23,28H,5,20-21H2,1-4H3,(H,31,34)/t22-,23-/m1/s1. The van der Waals surface area contributed by atoms with Gasteiger partial charge in [0.05, 0.1) is 7.11 Å². The summed E-state index contributed by atoms with van der Waals surface area (Å²) in [5.41, 5.74) is 3.10. The topological polar surface area (TPSA) is 58.6 Å². The third-order valence-corrected chi connectivity index (χ3v) is 6.46. The molecule has 3 aromatic carbocycles. The van der Waals surface area contributed by atoms with Crippen molar-refractivity contribution in [3.05, 3.63) is 102 Å². The zero-order valence-electron chi connectivity index (χ0n) is 21.1. The highest BCUT2D eigenvalue weighted by Gasteiger charge is 2.29. The first-order valence-electron chi connectivity index (χ1n) is 12.3. The maximum absolute atomic E-state index is 13.9. The summed E-state index contributed by atoms with van der Waals surface area (Å²) < 4.78 is 5.27. The smallest absolute Gasteiger partial charge is 0.242 e. The predicted octanol–water partition coefficient (Wildman–Crippen LogP) is 5.55. The van der Waals surface area contributed by atoms with Gasteiger partial charge in [0, 0.05) is 24.9 Å². The second kappa shape index (κ2) is 12.7. The quantitative estimate of drug-likeness (QED) is 0.398. The number of hydrogen-bond donors (Lipinski definition) is 1. The monoisotopic (exact) mass is 472 g/mol. The molecule has 0 saturated heterocycles. The average molecular weight is 473 g/mol. The van der Waals surface area contributed by atoms with Crippen molar-refractivity contribution in [1.29, 1.82) is 0 Å². The third kappa shape index (κ3) is 7.19. The van der Waals surface area contributed by atoms with Crippen molar-refractivity contribution in [3.63, 3.8) is 0 Å². The van der Waals surface area contributed by atoms with Crippen molar-refractivity contribution < 1.29 is 14.3 Å². The van der Waals surface area contributed by atoms with Crippen LogP contribution < -0.4 is 10.1 Å². The summed E-state index contributed by atoms with van der Waals surface area (Å²) in [6, 6.07) is 27.2. The van der Waals surface area contributed by atoms with E-state index in [4.69, 9.17) is 4.74 Å². The number of carbonyl (C=O) groups is 2. The minimum atomic E-state index is -0.606. The van der Waals surface area contributed by atoms with Gasteiger partial charge in [-0.3, -0.25) is 9.59 Å². The molecule has 1 N–H and O–H groups in total. The molecule has 0 spiro atoms. The molecule has 0 fully saturated rings. The largest absolute Gasteiger partial charge is 0.497 e. The summed E-state index contributed by atoms with van der Waals surface area (Å²) in [6.07, 6.45) is 1.10. The van der Waals surface area contributed by atoms with Crippen molar-refractivity contribution in [2.45, 2.75) is 58.2 Å². The molecule has 0 unspecified atom stereocenters. The second-order valence-corrected chi connectivity index (χ2v) is 8.94. The summed E-state index contributed by atoms with van der Waals surface area (Å²) in [7, 11) is 1.62. The Kier molecular flexibility index (Phi) is 9.47. The Hall–Kier alpha value is -3.60. The van der Waals surface area contributed by atoms with Crippen LogP contribution in [0, 0.1) is 0 Å². The van der Waals surface area contributed by atoms with Gasteiger partial charge in [0.2, 0.25) is 11.8 Å². The number of nitrogens with zero attached hydrogens (tertiary/aromatic N) is 1. The summed E-state index contributed by atoms with van der Waals surface area (Å²) in [4.78, 5) is 28.6. The number of nitrogens with one attached hydrogen (secondary N) is 1. The predicted molar refractivity (Wildman–Crippen MR) is 140 cm³/mol. The number of amides is 2. The van der Waals surface area contributed by atoms with Crippen molar-refractivity contribution >= 4 is 11.8 Å². The van der Waals surface area contributed by atoms with E-state index in [0.29, 0.717) is 6.54 Å². The van der Waals surface area contributed by atoms with Gasteiger partial charge in [-0.2, -0.15) is 0 Å². The number of rotatable bonds is 11. The molecule has 2 atom stereocenters. The number of hydrogen-bond acceptors (Lipinski definition) is 3. The fourth-order valence-electron chi connectivity index (χ4n) is 4.07. The van der Waals surface area contributed by atoms with Gasteiger partial charge < -0.3 is 15.0 Å². The Morgan fingerprint density at radius 2 is 1.40 bits per heavy atom. The maximum Gasteiger partial charge on any atom is 0.242 e. The molecule has 0 radical (unpaired) electrons. The van der Waals surface area contributed by atoms with Crippen LogP contribution >= 0.6 is 0 Å². The average Bonchev–Trinajstić information content (AvgIpc) is 2.91. The van der Waals surface area contributed by atoms with Crippen LogP contribution in [0.15, 0.2) is 84.9 Å². The Morgan fingerprint density at radius 3 is 1.89 bits per heavy atom. The molecule has 0 bridgehead atoms. The van der Waals surface area contributed by atoms with Crippen molar-refractivity contribution in [1.82, 2.24) is 10.2 Å². The summed E-state index contributed by atoms with van der Waals surface area (Å²) >= 11 is 0. The van der Waals surface area contributed by atoms with Gasteiger partial charge in [-0.05, 0) is 49.1 Å². The molecule has 2 amide bonds. The zero-order chi connectivity index (χ0) is 25.2. The van der Waals surface area contributed by atoms with E-state index >= 15 is 0 Å². The number of ether oxygens (including phenoxy) is 1. The van der Waals surface area contributed by atoms with E-state index in [0.717, 1.165) is 28.9 Å². The van der Waals surface area contributed by atoms with Crippen molar-refractivity contribution in [2.24, 2.45) is 0 Å². The number of carbonyl (C=O) groups excluding carboxylic acids is 2. The van der Waals surface area contributed by atoms with E-state index in [9.17, 15) is 9.59 Å². The fraction of sp³-hybridized carbons (Fsp3) is 0.333. The van der Waals surface area contributed by atoms with Crippen LogP contribution in [0.3, 0.4) is 0 Å². The highest BCUT2D eigenvalue weighted by atomic mass is 16.5. The molecule has 5 heteroatoms. The van der Waals surface area contributed by atoms with Crippen LogP contribution in [0.25, 0.3) is 0 Å². The molecule has 3 aromatic rings. The molecule has 3 rings (SSSR count). The Balaban J connectivity index is 1.90. The lowest BCUT2D eigenvalue weighted by atomic mass is 9.88. The van der Waals surface area contributed by atoms with Gasteiger partial charge in [0.25, 0.3) is 0 Å². The Labute approximate surface area is 209 Å². The van der Waals surface area contributed by atoms with Crippen molar-refractivity contribution in [2.75, 3.05) is 7.11 Å². The van der Waals surface area contributed by atoms with Crippen molar-refractivity contribution in [3.8, 4) is 5.75 Å². The van der Waals surface area contributed by atoms with E-state index in [1.54, 1.807) is 18.9 Å². The lowest BCUT2D eigenvalue weighted by Crippen LogP contribution is -2.49. The number of benzene rings is 3. The minimum Gasteiger partial charge on any atom is -0.497 e. The van der Waals surface area contributed by atoms with Gasteiger partial charge >= 0.3 is 0 Å². The lowest BCUT2D eigenvalue weighted by molar-refractivity contribution is -0.141. The first-order valence-corrected chi connectivity index (χ1v) is 12.3. The van der Waals surface area contributed by atoms with Gasteiger partial charge in [-0.15, -0.1) is 0 Å². The van der Waals surface area contributed by atoms with E-state index in [-0.39, 0.29) is 30.2 Å². The van der Waals surface area contributed by atoms with E-state index < -0.39 is 6.04 Å². The summed E-state index contributed by atoms with van der Waals surface area (Å²) in [6.45, 7) is 6.15. The zero-order valence-corrected chi connectivity index (χ0v) is 21.1.